The Kier molecular flexibility index (Phi) is 7.05. The number of carbonyl (C=O) groups is 1. The van der Waals surface area contributed by atoms with Crippen LogP contribution in [-0.2, 0) is 0 Å². The third-order valence-electron chi connectivity index (χ3n) is 3.31. The van der Waals surface area contributed by atoms with Gasteiger partial charge in [0.15, 0.2) is 11.5 Å². The monoisotopic (exact) mass is 453 g/mol. The highest BCUT2D eigenvalue weighted by atomic mass is 127. The number of nitrogens with one attached hydrogen (secondary N) is 2. The van der Waals surface area contributed by atoms with Crippen LogP contribution in [0.4, 0.5) is 10.5 Å². The first-order valence-corrected chi connectivity index (χ1v) is 8.79. The first kappa shape index (κ1) is 19.0. The second kappa shape index (κ2) is 9.26. The first-order valence-electron chi connectivity index (χ1n) is 7.71. The van der Waals surface area contributed by atoms with Crippen molar-refractivity contribution in [2.24, 2.45) is 5.10 Å². The lowest BCUT2D eigenvalue weighted by molar-refractivity contribution is 0.252. The molecule has 2 aromatic rings. The summed E-state index contributed by atoms with van der Waals surface area (Å²) in [5, 5.41) is 6.73. The van der Waals surface area contributed by atoms with Crippen LogP contribution in [0.2, 0.25) is 0 Å². The molecule has 0 aromatic heterocycles. The molecule has 0 aliphatic heterocycles. The minimum Gasteiger partial charge on any atom is -0.492 e. The van der Waals surface area contributed by atoms with E-state index in [-0.39, 0.29) is 0 Å². The molecule has 0 fully saturated rings. The molecule has 132 valence electrons. The van der Waals surface area contributed by atoms with Gasteiger partial charge in [0.05, 0.1) is 23.5 Å². The molecular formula is C18H20IN3O3. The van der Waals surface area contributed by atoms with Gasteiger partial charge in [0.1, 0.15) is 0 Å². The topological polar surface area (TPSA) is 72.0 Å². The molecule has 2 N–H and O–H groups in total. The van der Waals surface area contributed by atoms with Crippen LogP contribution in [-0.4, -0.2) is 26.0 Å². The van der Waals surface area contributed by atoms with E-state index in [0.717, 1.165) is 20.4 Å². The number of rotatable bonds is 6. The van der Waals surface area contributed by atoms with Gasteiger partial charge in [-0.1, -0.05) is 18.2 Å². The summed E-state index contributed by atoms with van der Waals surface area (Å²) in [4.78, 5) is 11.9. The average molecular weight is 453 g/mol. The van der Waals surface area contributed by atoms with Crippen molar-refractivity contribution in [2.75, 3.05) is 19.0 Å². The molecule has 0 radical (unpaired) electrons. The van der Waals surface area contributed by atoms with Gasteiger partial charge in [0.2, 0.25) is 0 Å². The molecule has 25 heavy (non-hydrogen) atoms. The van der Waals surface area contributed by atoms with Crippen LogP contribution in [0.1, 0.15) is 18.1 Å². The van der Waals surface area contributed by atoms with Gasteiger partial charge in [-0.05, 0) is 65.8 Å². The molecule has 0 saturated heterocycles. The Morgan fingerprint density at radius 1 is 1.32 bits per heavy atom. The highest BCUT2D eigenvalue weighted by molar-refractivity contribution is 14.1. The lowest BCUT2D eigenvalue weighted by Crippen LogP contribution is -2.24. The summed E-state index contributed by atoms with van der Waals surface area (Å²) in [6.45, 7) is 4.36. The fourth-order valence-corrected chi connectivity index (χ4v) is 3.00. The standard InChI is InChI=1S/C18H20IN3O3/c1-4-25-16-10-13(9-14(19)17(16)24-3)11-20-22-18(23)21-15-8-6-5-7-12(15)2/h5-11H,4H2,1-3H3,(H2,21,22,23). The van der Waals surface area contributed by atoms with Gasteiger partial charge >= 0.3 is 6.03 Å². The predicted molar refractivity (Wildman–Crippen MR) is 108 cm³/mol. The molecule has 0 bridgehead atoms. The van der Waals surface area contributed by atoms with Crippen molar-refractivity contribution in [3.05, 3.63) is 51.1 Å². The smallest absolute Gasteiger partial charge is 0.339 e. The van der Waals surface area contributed by atoms with Crippen LogP contribution in [0.25, 0.3) is 0 Å². The number of amides is 2. The van der Waals surface area contributed by atoms with E-state index in [9.17, 15) is 4.79 Å². The van der Waals surface area contributed by atoms with Gasteiger partial charge in [0.25, 0.3) is 0 Å². The van der Waals surface area contributed by atoms with Crippen molar-refractivity contribution in [1.82, 2.24) is 5.43 Å². The van der Waals surface area contributed by atoms with E-state index in [1.165, 1.54) is 0 Å². The van der Waals surface area contributed by atoms with E-state index in [4.69, 9.17) is 9.47 Å². The van der Waals surface area contributed by atoms with E-state index in [2.05, 4.69) is 38.4 Å². The number of aryl methyl sites for hydroxylation is 1. The van der Waals surface area contributed by atoms with Gasteiger partial charge in [-0.3, -0.25) is 0 Å². The first-order chi connectivity index (χ1) is 12.0. The Hall–Kier alpha value is -2.29. The average Bonchev–Trinajstić information content (AvgIpc) is 2.57. The third kappa shape index (κ3) is 5.35. The SMILES string of the molecule is CCOc1cc(C=NNC(=O)Nc2ccccc2C)cc(I)c1OC. The summed E-state index contributed by atoms with van der Waals surface area (Å²) in [6, 6.07) is 10.8. The number of nitrogens with zero attached hydrogens (tertiary/aromatic N) is 1. The van der Waals surface area contributed by atoms with Crippen molar-refractivity contribution >= 4 is 40.5 Å². The van der Waals surface area contributed by atoms with Crippen LogP contribution in [0.5, 0.6) is 11.5 Å². The lowest BCUT2D eigenvalue weighted by Gasteiger charge is -2.12. The number of para-hydroxylation sites is 1. The maximum atomic E-state index is 11.9. The van der Waals surface area contributed by atoms with E-state index < -0.39 is 6.03 Å². The maximum absolute atomic E-state index is 11.9. The van der Waals surface area contributed by atoms with E-state index in [0.29, 0.717) is 18.1 Å². The van der Waals surface area contributed by atoms with Gasteiger partial charge in [-0.2, -0.15) is 5.10 Å². The number of halogens is 1. The predicted octanol–water partition coefficient (Wildman–Crippen LogP) is 4.16. The van der Waals surface area contributed by atoms with Crippen LogP contribution >= 0.6 is 22.6 Å². The van der Waals surface area contributed by atoms with E-state index in [1.54, 1.807) is 13.3 Å². The molecule has 2 rings (SSSR count). The number of urea groups is 1. The van der Waals surface area contributed by atoms with Gasteiger partial charge in [-0.25, -0.2) is 10.2 Å². The number of methoxy groups -OCH3 is 1. The summed E-state index contributed by atoms with van der Waals surface area (Å²) in [5.41, 5.74) is 4.97. The number of hydrogen-bond acceptors (Lipinski definition) is 4. The highest BCUT2D eigenvalue weighted by Gasteiger charge is 2.10. The molecule has 2 aromatic carbocycles. The molecule has 0 aliphatic carbocycles. The van der Waals surface area contributed by atoms with Crippen LogP contribution in [0, 0.1) is 10.5 Å². The zero-order chi connectivity index (χ0) is 18.2. The molecule has 7 heteroatoms. The van der Waals surface area contributed by atoms with E-state index in [1.807, 2.05) is 50.2 Å². The minimum atomic E-state index is -0.404. The fourth-order valence-electron chi connectivity index (χ4n) is 2.15. The molecular weight excluding hydrogens is 433 g/mol. The Morgan fingerprint density at radius 2 is 2.08 bits per heavy atom. The summed E-state index contributed by atoms with van der Waals surface area (Å²) in [7, 11) is 1.60. The quantitative estimate of drug-likeness (QED) is 0.392. The Morgan fingerprint density at radius 3 is 2.76 bits per heavy atom. The summed E-state index contributed by atoms with van der Waals surface area (Å²) >= 11 is 2.17. The zero-order valence-electron chi connectivity index (χ0n) is 14.3. The number of anilines is 1. The molecule has 0 saturated carbocycles. The minimum absolute atomic E-state index is 0.404. The molecule has 0 atom stereocenters. The molecule has 6 nitrogen and oxygen atoms in total. The zero-order valence-corrected chi connectivity index (χ0v) is 16.5. The van der Waals surface area contributed by atoms with E-state index >= 15 is 0 Å². The van der Waals surface area contributed by atoms with Crippen LogP contribution in [0.15, 0.2) is 41.5 Å². The third-order valence-corrected chi connectivity index (χ3v) is 4.11. The number of carbonyl (C=O) groups excluding carboxylic acids is 1. The van der Waals surface area contributed by atoms with Crippen LogP contribution in [0.3, 0.4) is 0 Å². The summed E-state index contributed by atoms with van der Waals surface area (Å²) in [6.07, 6.45) is 1.56. The van der Waals surface area contributed by atoms with Crippen molar-refractivity contribution in [3.63, 3.8) is 0 Å². The van der Waals surface area contributed by atoms with Gasteiger partial charge < -0.3 is 14.8 Å². The number of hydrogen-bond donors (Lipinski definition) is 2. The second-order valence-electron chi connectivity index (χ2n) is 5.11. The molecule has 2 amide bonds. The number of ether oxygens (including phenoxy) is 2. The largest absolute Gasteiger partial charge is 0.492 e. The molecule has 0 unspecified atom stereocenters. The number of hydrazone groups is 1. The normalized spacial score (nSPS) is 10.6. The Balaban J connectivity index is 2.04. The van der Waals surface area contributed by atoms with Crippen molar-refractivity contribution in [1.29, 1.82) is 0 Å². The molecule has 0 heterocycles. The van der Waals surface area contributed by atoms with Gasteiger partial charge in [-0.15, -0.1) is 0 Å². The van der Waals surface area contributed by atoms with Crippen molar-refractivity contribution in [3.8, 4) is 11.5 Å². The fraction of sp³-hybridized carbons (Fsp3) is 0.222. The maximum Gasteiger partial charge on any atom is 0.339 e. The lowest BCUT2D eigenvalue weighted by atomic mass is 10.2. The van der Waals surface area contributed by atoms with Crippen molar-refractivity contribution in [2.45, 2.75) is 13.8 Å². The highest BCUT2D eigenvalue weighted by Crippen LogP contribution is 2.33. The van der Waals surface area contributed by atoms with Crippen LogP contribution < -0.4 is 20.2 Å². The van der Waals surface area contributed by atoms with Crippen molar-refractivity contribution < 1.29 is 14.3 Å². The Bertz CT molecular complexity index is 778. The second-order valence-corrected chi connectivity index (χ2v) is 6.27. The van der Waals surface area contributed by atoms with Gasteiger partial charge in [0, 0.05) is 5.69 Å². The summed E-state index contributed by atoms with van der Waals surface area (Å²) < 4.78 is 11.8. The Labute approximate surface area is 160 Å². The molecule has 0 aliphatic rings. The molecule has 0 spiro atoms. The summed E-state index contributed by atoms with van der Waals surface area (Å²) in [5.74, 6) is 1.33. The number of benzene rings is 2.